The molecule has 0 saturated heterocycles. The second-order valence-corrected chi connectivity index (χ2v) is 4.67. The van der Waals surface area contributed by atoms with Gasteiger partial charge in [0.05, 0.1) is 11.7 Å². The van der Waals surface area contributed by atoms with Gasteiger partial charge < -0.3 is 5.11 Å². The van der Waals surface area contributed by atoms with Crippen LogP contribution >= 0.6 is 0 Å². The highest BCUT2D eigenvalue weighted by atomic mass is 16.4. The van der Waals surface area contributed by atoms with Crippen LogP contribution in [0.4, 0.5) is 0 Å². The van der Waals surface area contributed by atoms with Crippen molar-refractivity contribution in [3.8, 4) is 0 Å². The highest BCUT2D eigenvalue weighted by molar-refractivity contribution is 5.72. The quantitative estimate of drug-likeness (QED) is 0.815. The predicted octanol–water partition coefficient (Wildman–Crippen LogP) is 1.56. The molecule has 5 heteroatoms. The molecule has 0 spiro atoms. The topological polar surface area (TPSA) is 67.2 Å². The van der Waals surface area contributed by atoms with Gasteiger partial charge in [0, 0.05) is 12.7 Å². The molecule has 1 aromatic heterocycles. The van der Waals surface area contributed by atoms with Crippen molar-refractivity contribution >= 4 is 5.97 Å². The van der Waals surface area contributed by atoms with E-state index in [4.69, 9.17) is 5.11 Å². The Morgan fingerprint density at radius 2 is 2.35 bits per heavy atom. The molecule has 0 radical (unpaired) electrons. The fraction of sp³-hybridized carbons (Fsp3) is 0.667. The van der Waals surface area contributed by atoms with Crippen molar-refractivity contribution in [2.24, 2.45) is 0 Å². The van der Waals surface area contributed by atoms with E-state index < -0.39 is 12.0 Å². The Balaban J connectivity index is 1.87. The van der Waals surface area contributed by atoms with Crippen LogP contribution in [0.1, 0.15) is 44.3 Å². The number of nitrogens with zero attached hydrogens (tertiary/aromatic N) is 2. The molecule has 1 aliphatic rings. The highest BCUT2D eigenvalue weighted by Gasteiger charge is 2.17. The van der Waals surface area contributed by atoms with Crippen LogP contribution in [0.3, 0.4) is 0 Å². The first-order chi connectivity index (χ1) is 8.16. The summed E-state index contributed by atoms with van der Waals surface area (Å²) in [6.45, 7) is 2.14. The lowest BCUT2D eigenvalue weighted by Gasteiger charge is -2.09. The van der Waals surface area contributed by atoms with Crippen molar-refractivity contribution in [2.75, 3.05) is 0 Å². The minimum absolute atomic E-state index is 0.507. The summed E-state index contributed by atoms with van der Waals surface area (Å²) in [5, 5.41) is 16.2. The van der Waals surface area contributed by atoms with Crippen LogP contribution in [-0.2, 0) is 11.3 Å². The van der Waals surface area contributed by atoms with E-state index in [0.29, 0.717) is 12.6 Å². The number of aliphatic carboxylic acids is 1. The highest BCUT2D eigenvalue weighted by Crippen LogP contribution is 2.28. The molecular formula is C12H19N3O2. The molecule has 0 amide bonds. The molecule has 94 valence electrons. The number of hydrogen-bond acceptors (Lipinski definition) is 3. The normalized spacial score (nSPS) is 18.4. The maximum absolute atomic E-state index is 10.6. The van der Waals surface area contributed by atoms with Gasteiger partial charge in [-0.15, -0.1) is 0 Å². The summed E-state index contributed by atoms with van der Waals surface area (Å²) in [6.07, 6.45) is 6.99. The van der Waals surface area contributed by atoms with E-state index >= 15 is 0 Å². The summed E-state index contributed by atoms with van der Waals surface area (Å²) in [6, 6.07) is 1.96. The molecule has 2 rings (SSSR count). The van der Waals surface area contributed by atoms with Gasteiger partial charge in [-0.2, -0.15) is 5.10 Å². The average Bonchev–Trinajstić information content (AvgIpc) is 2.95. The predicted molar refractivity (Wildman–Crippen MR) is 63.7 cm³/mol. The van der Waals surface area contributed by atoms with Crippen LogP contribution in [-0.4, -0.2) is 26.9 Å². The smallest absolute Gasteiger partial charge is 0.320 e. The lowest BCUT2D eigenvalue weighted by Crippen LogP contribution is -2.33. The Kier molecular flexibility index (Phi) is 3.78. The van der Waals surface area contributed by atoms with Crippen molar-refractivity contribution in [3.05, 3.63) is 18.0 Å². The standard InChI is InChI=1S/C12H19N3O2/c1-9(12(16)17)13-8-10-6-7-15(14-10)11-4-2-3-5-11/h6-7,9,11,13H,2-5,8H2,1H3,(H,16,17)/t9-/m1/s1. The number of hydrogen-bond donors (Lipinski definition) is 2. The van der Waals surface area contributed by atoms with Crippen molar-refractivity contribution in [2.45, 2.75) is 51.2 Å². The fourth-order valence-corrected chi connectivity index (χ4v) is 2.19. The van der Waals surface area contributed by atoms with E-state index in [2.05, 4.69) is 10.4 Å². The molecule has 1 fully saturated rings. The summed E-state index contributed by atoms with van der Waals surface area (Å²) in [4.78, 5) is 10.6. The monoisotopic (exact) mass is 237 g/mol. The summed E-state index contributed by atoms with van der Waals surface area (Å²) in [5.74, 6) is -0.833. The molecule has 17 heavy (non-hydrogen) atoms. The number of rotatable bonds is 5. The molecular weight excluding hydrogens is 218 g/mol. The van der Waals surface area contributed by atoms with Gasteiger partial charge in [0.2, 0.25) is 0 Å². The zero-order valence-corrected chi connectivity index (χ0v) is 10.1. The number of carboxylic acids is 1. The first-order valence-corrected chi connectivity index (χ1v) is 6.17. The minimum Gasteiger partial charge on any atom is -0.480 e. The molecule has 1 heterocycles. The minimum atomic E-state index is -0.833. The van der Waals surface area contributed by atoms with E-state index in [9.17, 15) is 4.79 Å². The van der Waals surface area contributed by atoms with E-state index in [0.717, 1.165) is 5.69 Å². The third-order valence-electron chi connectivity index (χ3n) is 3.32. The molecule has 0 unspecified atom stereocenters. The molecule has 0 aromatic carbocycles. The van der Waals surface area contributed by atoms with Crippen molar-refractivity contribution in [1.29, 1.82) is 0 Å². The Morgan fingerprint density at radius 1 is 1.65 bits per heavy atom. The van der Waals surface area contributed by atoms with Crippen LogP contribution in [0.5, 0.6) is 0 Å². The second-order valence-electron chi connectivity index (χ2n) is 4.67. The number of aromatic nitrogens is 2. The maximum Gasteiger partial charge on any atom is 0.320 e. The maximum atomic E-state index is 10.6. The summed E-state index contributed by atoms with van der Waals surface area (Å²) in [7, 11) is 0. The Labute approximate surface area is 101 Å². The van der Waals surface area contributed by atoms with Crippen LogP contribution in [0.2, 0.25) is 0 Å². The Hall–Kier alpha value is -1.36. The molecule has 1 saturated carbocycles. The van der Waals surface area contributed by atoms with Gasteiger partial charge >= 0.3 is 5.97 Å². The van der Waals surface area contributed by atoms with Gasteiger partial charge in [-0.1, -0.05) is 12.8 Å². The van der Waals surface area contributed by atoms with E-state index in [-0.39, 0.29) is 0 Å². The molecule has 0 bridgehead atoms. The van der Waals surface area contributed by atoms with Crippen molar-refractivity contribution in [3.63, 3.8) is 0 Å². The summed E-state index contributed by atoms with van der Waals surface area (Å²) < 4.78 is 2.02. The molecule has 2 N–H and O–H groups in total. The number of nitrogens with one attached hydrogen (secondary N) is 1. The van der Waals surface area contributed by atoms with Crippen LogP contribution in [0.25, 0.3) is 0 Å². The summed E-state index contributed by atoms with van der Waals surface area (Å²) >= 11 is 0. The number of carboxylic acid groups (broad SMARTS) is 1. The van der Waals surface area contributed by atoms with Gasteiger partial charge in [0.25, 0.3) is 0 Å². The van der Waals surface area contributed by atoms with Gasteiger partial charge in [0.15, 0.2) is 0 Å². The van der Waals surface area contributed by atoms with Crippen molar-refractivity contribution in [1.82, 2.24) is 15.1 Å². The van der Waals surface area contributed by atoms with Gasteiger partial charge in [0.1, 0.15) is 6.04 Å². The zero-order valence-electron chi connectivity index (χ0n) is 10.1. The van der Waals surface area contributed by atoms with Crippen LogP contribution < -0.4 is 5.32 Å². The first-order valence-electron chi connectivity index (χ1n) is 6.17. The molecule has 1 aliphatic carbocycles. The SMILES string of the molecule is C[C@@H](NCc1ccn(C2CCCC2)n1)C(=O)O. The molecule has 5 nitrogen and oxygen atoms in total. The molecule has 0 aliphatic heterocycles. The van der Waals surface area contributed by atoms with Crippen LogP contribution in [0.15, 0.2) is 12.3 Å². The van der Waals surface area contributed by atoms with E-state index in [1.807, 2.05) is 16.9 Å². The fourth-order valence-electron chi connectivity index (χ4n) is 2.19. The number of carbonyl (C=O) groups is 1. The first kappa shape index (κ1) is 12.1. The Bertz CT molecular complexity index is 383. The third kappa shape index (κ3) is 3.06. The average molecular weight is 237 g/mol. The molecule has 1 atom stereocenters. The lowest BCUT2D eigenvalue weighted by atomic mass is 10.3. The zero-order chi connectivity index (χ0) is 12.3. The lowest BCUT2D eigenvalue weighted by molar-refractivity contribution is -0.139. The van der Waals surface area contributed by atoms with E-state index in [1.165, 1.54) is 25.7 Å². The molecule has 1 aromatic rings. The van der Waals surface area contributed by atoms with Gasteiger partial charge in [-0.25, -0.2) is 0 Å². The van der Waals surface area contributed by atoms with Crippen LogP contribution in [0, 0.1) is 0 Å². The van der Waals surface area contributed by atoms with Gasteiger partial charge in [-0.05, 0) is 25.8 Å². The second kappa shape index (κ2) is 5.31. The van der Waals surface area contributed by atoms with Crippen molar-refractivity contribution < 1.29 is 9.90 Å². The third-order valence-corrected chi connectivity index (χ3v) is 3.32. The Morgan fingerprint density at radius 3 is 3.00 bits per heavy atom. The summed E-state index contributed by atoms with van der Waals surface area (Å²) in [5.41, 5.74) is 0.907. The van der Waals surface area contributed by atoms with Gasteiger partial charge in [-0.3, -0.25) is 14.8 Å². The largest absolute Gasteiger partial charge is 0.480 e. The van der Waals surface area contributed by atoms with E-state index in [1.54, 1.807) is 6.92 Å².